The van der Waals surface area contributed by atoms with Crippen molar-refractivity contribution < 1.29 is 14.3 Å². The van der Waals surface area contributed by atoms with Crippen molar-refractivity contribution in [2.45, 2.75) is 38.1 Å². The fourth-order valence-electron chi connectivity index (χ4n) is 4.45. The minimum atomic E-state index is -0.0553. The zero-order chi connectivity index (χ0) is 18.0. The SMILES string of the molecule is O=C(Nc1ccccc1)N1CCC(N2C[C@@]3(CCOC3)CCC2=O)CC1. The second-order valence-electron chi connectivity index (χ2n) is 7.84. The number of anilines is 1. The van der Waals surface area contributed by atoms with Gasteiger partial charge in [0.1, 0.15) is 0 Å². The Bertz CT molecular complexity index is 650. The van der Waals surface area contributed by atoms with Gasteiger partial charge in [-0.1, -0.05) is 18.2 Å². The predicted octanol–water partition coefficient (Wildman–Crippen LogP) is 2.71. The molecular formula is C20H27N3O3. The van der Waals surface area contributed by atoms with Gasteiger partial charge in [-0.25, -0.2) is 4.79 Å². The molecule has 3 fully saturated rings. The summed E-state index contributed by atoms with van der Waals surface area (Å²) >= 11 is 0. The molecule has 0 aromatic heterocycles. The fourth-order valence-corrected chi connectivity index (χ4v) is 4.45. The Morgan fingerprint density at radius 1 is 1.15 bits per heavy atom. The maximum atomic E-state index is 12.5. The number of hydrogen-bond donors (Lipinski definition) is 1. The van der Waals surface area contributed by atoms with Gasteiger partial charge < -0.3 is 19.9 Å². The maximum absolute atomic E-state index is 12.5. The Balaban J connectivity index is 1.32. The van der Waals surface area contributed by atoms with Crippen molar-refractivity contribution in [1.29, 1.82) is 0 Å². The quantitative estimate of drug-likeness (QED) is 0.885. The molecule has 3 amide bonds. The number of nitrogens with one attached hydrogen (secondary N) is 1. The summed E-state index contributed by atoms with van der Waals surface area (Å²) in [5.41, 5.74) is 0.990. The van der Waals surface area contributed by atoms with E-state index < -0.39 is 0 Å². The van der Waals surface area contributed by atoms with Crippen LogP contribution < -0.4 is 5.32 Å². The number of ether oxygens (including phenoxy) is 1. The van der Waals surface area contributed by atoms with Crippen molar-refractivity contribution in [3.05, 3.63) is 30.3 Å². The number of urea groups is 1. The molecule has 3 saturated heterocycles. The summed E-state index contributed by atoms with van der Waals surface area (Å²) in [4.78, 5) is 28.9. The van der Waals surface area contributed by atoms with Crippen molar-refractivity contribution in [3.63, 3.8) is 0 Å². The van der Waals surface area contributed by atoms with Crippen LogP contribution >= 0.6 is 0 Å². The van der Waals surface area contributed by atoms with E-state index in [9.17, 15) is 9.59 Å². The van der Waals surface area contributed by atoms with Gasteiger partial charge in [0.05, 0.1) is 6.61 Å². The molecule has 0 bridgehead atoms. The highest BCUT2D eigenvalue weighted by Gasteiger charge is 2.44. The molecule has 6 nitrogen and oxygen atoms in total. The van der Waals surface area contributed by atoms with E-state index in [1.807, 2.05) is 35.2 Å². The molecule has 1 N–H and O–H groups in total. The first-order chi connectivity index (χ1) is 12.7. The first-order valence-electron chi connectivity index (χ1n) is 9.63. The van der Waals surface area contributed by atoms with Crippen LogP contribution in [0.15, 0.2) is 30.3 Å². The lowest BCUT2D eigenvalue weighted by molar-refractivity contribution is -0.141. The lowest BCUT2D eigenvalue weighted by atomic mass is 9.78. The first kappa shape index (κ1) is 17.3. The summed E-state index contributed by atoms with van der Waals surface area (Å²) in [7, 11) is 0. The molecule has 1 spiro atoms. The topological polar surface area (TPSA) is 61.9 Å². The molecule has 1 aromatic carbocycles. The van der Waals surface area contributed by atoms with E-state index in [4.69, 9.17) is 4.74 Å². The molecule has 0 radical (unpaired) electrons. The van der Waals surface area contributed by atoms with Crippen LogP contribution in [0.2, 0.25) is 0 Å². The number of benzene rings is 1. The summed E-state index contributed by atoms with van der Waals surface area (Å²) in [6, 6.07) is 9.72. The van der Waals surface area contributed by atoms with Crippen molar-refractivity contribution in [1.82, 2.24) is 9.80 Å². The molecule has 3 heterocycles. The Labute approximate surface area is 154 Å². The largest absolute Gasteiger partial charge is 0.381 e. The van der Waals surface area contributed by atoms with Gasteiger partial charge in [-0.2, -0.15) is 0 Å². The molecule has 6 heteroatoms. The number of amides is 3. The van der Waals surface area contributed by atoms with Crippen LogP contribution in [0, 0.1) is 5.41 Å². The zero-order valence-electron chi connectivity index (χ0n) is 15.2. The molecule has 0 saturated carbocycles. The molecular weight excluding hydrogens is 330 g/mol. The molecule has 1 aromatic rings. The van der Waals surface area contributed by atoms with Crippen LogP contribution in [0.4, 0.5) is 10.5 Å². The molecule has 1 atom stereocenters. The summed E-state index contributed by atoms with van der Waals surface area (Å²) < 4.78 is 5.61. The van der Waals surface area contributed by atoms with Crippen molar-refractivity contribution in [3.8, 4) is 0 Å². The van der Waals surface area contributed by atoms with Crippen LogP contribution in [-0.2, 0) is 9.53 Å². The Morgan fingerprint density at radius 3 is 2.62 bits per heavy atom. The molecule has 0 unspecified atom stereocenters. The van der Waals surface area contributed by atoms with E-state index in [-0.39, 0.29) is 23.4 Å². The van der Waals surface area contributed by atoms with E-state index in [1.54, 1.807) is 0 Å². The van der Waals surface area contributed by atoms with Gasteiger partial charge >= 0.3 is 6.03 Å². The predicted molar refractivity (Wildman–Crippen MR) is 98.9 cm³/mol. The number of nitrogens with zero attached hydrogens (tertiary/aromatic N) is 2. The van der Waals surface area contributed by atoms with E-state index in [0.717, 1.165) is 51.1 Å². The van der Waals surface area contributed by atoms with Gasteiger partial charge in [-0.05, 0) is 37.8 Å². The number of rotatable bonds is 2. The third kappa shape index (κ3) is 3.56. The highest BCUT2D eigenvalue weighted by molar-refractivity contribution is 5.89. The van der Waals surface area contributed by atoms with Crippen LogP contribution in [0.5, 0.6) is 0 Å². The second-order valence-corrected chi connectivity index (χ2v) is 7.84. The number of likely N-dealkylation sites (tertiary alicyclic amines) is 2. The lowest BCUT2D eigenvalue weighted by Gasteiger charge is -2.45. The first-order valence-corrected chi connectivity index (χ1v) is 9.63. The molecule has 3 aliphatic heterocycles. The Hall–Kier alpha value is -2.08. The minimum absolute atomic E-state index is 0.0553. The highest BCUT2D eigenvalue weighted by Crippen LogP contribution is 2.39. The number of piperidine rings is 2. The minimum Gasteiger partial charge on any atom is -0.381 e. The van der Waals surface area contributed by atoms with Crippen LogP contribution in [0.3, 0.4) is 0 Å². The van der Waals surface area contributed by atoms with E-state index in [1.165, 1.54) is 0 Å². The van der Waals surface area contributed by atoms with Gasteiger partial charge in [-0.3, -0.25) is 4.79 Å². The third-order valence-electron chi connectivity index (χ3n) is 6.10. The summed E-state index contributed by atoms with van der Waals surface area (Å²) in [5, 5.41) is 2.94. The molecule has 0 aliphatic carbocycles. The van der Waals surface area contributed by atoms with Gasteiger partial charge in [0.25, 0.3) is 0 Å². The van der Waals surface area contributed by atoms with Gasteiger partial charge in [0, 0.05) is 49.8 Å². The number of carbonyl (C=O) groups excluding carboxylic acids is 2. The smallest absolute Gasteiger partial charge is 0.321 e. The van der Waals surface area contributed by atoms with Gasteiger partial charge in [-0.15, -0.1) is 0 Å². The average Bonchev–Trinajstić information content (AvgIpc) is 3.13. The van der Waals surface area contributed by atoms with E-state index in [2.05, 4.69) is 10.2 Å². The lowest BCUT2D eigenvalue weighted by Crippen LogP contribution is -2.55. The monoisotopic (exact) mass is 357 g/mol. The highest BCUT2D eigenvalue weighted by atomic mass is 16.5. The number of carbonyl (C=O) groups is 2. The molecule has 26 heavy (non-hydrogen) atoms. The van der Waals surface area contributed by atoms with Crippen molar-refractivity contribution in [2.24, 2.45) is 5.41 Å². The Kier molecular flexibility index (Phi) is 4.85. The summed E-state index contributed by atoms with van der Waals surface area (Å²) in [5.74, 6) is 0.273. The summed E-state index contributed by atoms with van der Waals surface area (Å²) in [6.07, 6.45) is 4.36. The van der Waals surface area contributed by atoms with Crippen LogP contribution in [-0.4, -0.2) is 60.6 Å². The Morgan fingerprint density at radius 2 is 1.92 bits per heavy atom. The fraction of sp³-hybridized carbons (Fsp3) is 0.600. The molecule has 140 valence electrons. The van der Waals surface area contributed by atoms with Gasteiger partial charge in [0.2, 0.25) is 5.91 Å². The van der Waals surface area contributed by atoms with E-state index in [0.29, 0.717) is 19.5 Å². The number of para-hydroxylation sites is 1. The third-order valence-corrected chi connectivity index (χ3v) is 6.10. The molecule has 4 rings (SSSR count). The number of hydrogen-bond acceptors (Lipinski definition) is 3. The van der Waals surface area contributed by atoms with Crippen molar-refractivity contribution >= 4 is 17.6 Å². The van der Waals surface area contributed by atoms with E-state index >= 15 is 0 Å². The standard InChI is InChI=1S/C20H27N3O3/c24-18-6-9-20(10-13-26-15-20)14-23(18)17-7-11-22(12-8-17)19(25)21-16-4-2-1-3-5-16/h1-5,17H,6-15H2,(H,21,25)/t20-/m0/s1. The summed E-state index contributed by atoms with van der Waals surface area (Å²) in [6.45, 7) is 3.81. The van der Waals surface area contributed by atoms with Crippen molar-refractivity contribution in [2.75, 3.05) is 38.2 Å². The maximum Gasteiger partial charge on any atom is 0.321 e. The second kappa shape index (κ2) is 7.27. The average molecular weight is 357 g/mol. The molecule has 3 aliphatic rings. The van der Waals surface area contributed by atoms with Crippen LogP contribution in [0.1, 0.15) is 32.1 Å². The van der Waals surface area contributed by atoms with Gasteiger partial charge in [0.15, 0.2) is 0 Å². The normalized spacial score (nSPS) is 27.2. The van der Waals surface area contributed by atoms with Crippen LogP contribution in [0.25, 0.3) is 0 Å². The zero-order valence-corrected chi connectivity index (χ0v) is 15.2.